The fourth-order valence-corrected chi connectivity index (χ4v) is 3.29. The molecule has 0 bridgehead atoms. The quantitative estimate of drug-likeness (QED) is 0.632. The van der Waals surface area contributed by atoms with Gasteiger partial charge in [0.2, 0.25) is 0 Å². The Morgan fingerprint density at radius 3 is 2.62 bits per heavy atom. The van der Waals surface area contributed by atoms with Crippen LogP contribution in [0.15, 0.2) is 54.7 Å². The van der Waals surface area contributed by atoms with Gasteiger partial charge in [-0.3, -0.25) is 4.79 Å². The number of halogens is 1. The third-order valence-corrected chi connectivity index (χ3v) is 4.80. The van der Waals surface area contributed by atoms with Crippen LogP contribution in [0, 0.1) is 0 Å². The molecule has 24 heavy (non-hydrogen) atoms. The van der Waals surface area contributed by atoms with E-state index in [4.69, 9.17) is 17.3 Å². The highest BCUT2D eigenvalue weighted by atomic mass is 35.5. The molecule has 0 unspecified atom stereocenters. The van der Waals surface area contributed by atoms with E-state index in [0.29, 0.717) is 6.54 Å². The predicted octanol–water partition coefficient (Wildman–Crippen LogP) is 2.39. The summed E-state index contributed by atoms with van der Waals surface area (Å²) >= 11 is 6.45. The Bertz CT molecular complexity index is 858. The molecule has 0 aliphatic rings. The minimum absolute atomic E-state index is 0.0663. The molecule has 0 spiro atoms. The average molecular weight is 343 g/mol. The van der Waals surface area contributed by atoms with Crippen LogP contribution in [0.1, 0.15) is 24.0 Å². The highest BCUT2D eigenvalue weighted by molar-refractivity contribution is 6.31. The largest absolute Gasteiger partial charge is 0.365 e. The summed E-state index contributed by atoms with van der Waals surface area (Å²) in [6.07, 6.45) is 2.03. The van der Waals surface area contributed by atoms with Crippen LogP contribution in [0.2, 0.25) is 5.02 Å². The van der Waals surface area contributed by atoms with Crippen molar-refractivity contribution in [3.8, 4) is 0 Å². The fourth-order valence-electron chi connectivity index (χ4n) is 3.02. The van der Waals surface area contributed by atoms with Crippen LogP contribution < -0.4 is 11.1 Å². The molecule has 3 rings (SSSR count). The first-order valence-corrected chi connectivity index (χ1v) is 8.39. The highest BCUT2D eigenvalue weighted by Gasteiger charge is 2.24. The van der Waals surface area contributed by atoms with Crippen molar-refractivity contribution in [2.45, 2.75) is 18.9 Å². The lowest BCUT2D eigenvalue weighted by Crippen LogP contribution is -2.92. The number of carbonyl (C=O) groups excluding carboxylic acids is 1. The Morgan fingerprint density at radius 2 is 1.88 bits per heavy atom. The van der Waals surface area contributed by atoms with Gasteiger partial charge in [0, 0.05) is 22.1 Å². The van der Waals surface area contributed by atoms with Crippen molar-refractivity contribution >= 4 is 28.4 Å². The number of aromatic amines is 1. The molecule has 0 fully saturated rings. The van der Waals surface area contributed by atoms with Gasteiger partial charge < -0.3 is 16.0 Å². The summed E-state index contributed by atoms with van der Waals surface area (Å²) < 4.78 is 0. The molecular formula is C19H21ClN3O+. The standard InChI is InChI=1S/C19H20ClN3O/c1-12(19(21)24)22-10-15(13-6-2-4-8-17(13)20)16-11-23-18-9-5-3-7-14(16)18/h2-9,11-12,15,22-23H,10H2,1H3,(H2,21,24)/p+1/t12-,15+/m1/s1. The molecule has 5 N–H and O–H groups in total. The lowest BCUT2D eigenvalue weighted by molar-refractivity contribution is -0.674. The summed E-state index contributed by atoms with van der Waals surface area (Å²) in [6, 6.07) is 15.8. The van der Waals surface area contributed by atoms with Crippen molar-refractivity contribution in [1.29, 1.82) is 0 Å². The van der Waals surface area contributed by atoms with Gasteiger partial charge in [0.25, 0.3) is 5.91 Å². The van der Waals surface area contributed by atoms with E-state index in [0.717, 1.165) is 16.1 Å². The monoisotopic (exact) mass is 342 g/mol. The molecule has 1 amide bonds. The summed E-state index contributed by atoms with van der Waals surface area (Å²) in [7, 11) is 0. The second-order valence-corrected chi connectivity index (χ2v) is 6.43. The second-order valence-electron chi connectivity index (χ2n) is 6.03. The van der Waals surface area contributed by atoms with Gasteiger partial charge in [-0.05, 0) is 30.2 Å². The van der Waals surface area contributed by atoms with E-state index in [1.807, 2.05) is 54.8 Å². The first kappa shape index (κ1) is 16.6. The zero-order chi connectivity index (χ0) is 17.1. The summed E-state index contributed by atoms with van der Waals surface area (Å²) in [4.78, 5) is 14.7. The van der Waals surface area contributed by atoms with Crippen molar-refractivity contribution in [1.82, 2.24) is 4.98 Å². The molecule has 0 aliphatic carbocycles. The van der Waals surface area contributed by atoms with Crippen LogP contribution in [-0.4, -0.2) is 23.5 Å². The van der Waals surface area contributed by atoms with Gasteiger partial charge in [0.1, 0.15) is 0 Å². The number of nitrogens with two attached hydrogens (primary N) is 2. The van der Waals surface area contributed by atoms with Gasteiger partial charge in [0.05, 0.1) is 12.5 Å². The topological polar surface area (TPSA) is 75.5 Å². The Balaban J connectivity index is 2.02. The Hall–Kier alpha value is -2.30. The Labute approximate surface area is 146 Å². The number of amides is 1. The second kappa shape index (κ2) is 7.07. The highest BCUT2D eigenvalue weighted by Crippen LogP contribution is 2.33. The molecule has 3 aromatic rings. The molecular weight excluding hydrogens is 322 g/mol. The summed E-state index contributed by atoms with van der Waals surface area (Å²) in [5.41, 5.74) is 8.71. The van der Waals surface area contributed by atoms with Crippen molar-refractivity contribution < 1.29 is 10.1 Å². The third-order valence-electron chi connectivity index (χ3n) is 4.45. The Morgan fingerprint density at radius 1 is 1.17 bits per heavy atom. The molecule has 0 saturated heterocycles. The smallest absolute Gasteiger partial charge is 0.275 e. The summed E-state index contributed by atoms with van der Waals surface area (Å²) in [6.45, 7) is 2.51. The molecule has 1 heterocycles. The minimum atomic E-state index is -0.313. The molecule has 1 aromatic heterocycles. The molecule has 2 atom stereocenters. The maximum Gasteiger partial charge on any atom is 0.275 e. The third kappa shape index (κ3) is 3.30. The normalized spacial score (nSPS) is 13.8. The van der Waals surface area contributed by atoms with Crippen LogP contribution in [-0.2, 0) is 4.79 Å². The van der Waals surface area contributed by atoms with E-state index >= 15 is 0 Å². The minimum Gasteiger partial charge on any atom is -0.365 e. The van der Waals surface area contributed by atoms with Crippen molar-refractivity contribution in [2.75, 3.05) is 6.54 Å². The van der Waals surface area contributed by atoms with Gasteiger partial charge in [-0.2, -0.15) is 0 Å². The number of quaternary nitrogens is 1. The lowest BCUT2D eigenvalue weighted by Gasteiger charge is -2.19. The van der Waals surface area contributed by atoms with Crippen LogP contribution in [0.4, 0.5) is 0 Å². The number of nitrogens with one attached hydrogen (secondary N) is 1. The van der Waals surface area contributed by atoms with E-state index in [1.165, 1.54) is 10.9 Å². The zero-order valence-electron chi connectivity index (χ0n) is 13.5. The first-order valence-electron chi connectivity index (χ1n) is 8.01. The summed E-state index contributed by atoms with van der Waals surface area (Å²) in [5.74, 6) is -0.247. The van der Waals surface area contributed by atoms with Crippen molar-refractivity contribution in [3.63, 3.8) is 0 Å². The molecule has 0 aliphatic heterocycles. The van der Waals surface area contributed by atoms with Crippen LogP contribution in [0.5, 0.6) is 0 Å². The van der Waals surface area contributed by atoms with Gasteiger partial charge >= 0.3 is 0 Å². The van der Waals surface area contributed by atoms with E-state index < -0.39 is 0 Å². The maximum absolute atomic E-state index is 11.4. The van der Waals surface area contributed by atoms with Crippen LogP contribution >= 0.6 is 11.6 Å². The van der Waals surface area contributed by atoms with Gasteiger partial charge in [-0.1, -0.05) is 48.0 Å². The van der Waals surface area contributed by atoms with Gasteiger partial charge in [-0.25, -0.2) is 0 Å². The van der Waals surface area contributed by atoms with Gasteiger partial charge in [-0.15, -0.1) is 0 Å². The van der Waals surface area contributed by atoms with E-state index in [1.54, 1.807) is 0 Å². The van der Waals surface area contributed by atoms with Crippen molar-refractivity contribution in [3.05, 3.63) is 70.9 Å². The zero-order valence-corrected chi connectivity index (χ0v) is 14.3. The van der Waals surface area contributed by atoms with Crippen LogP contribution in [0.3, 0.4) is 0 Å². The molecule has 5 heteroatoms. The number of fused-ring (bicyclic) bond motifs is 1. The van der Waals surface area contributed by atoms with Crippen molar-refractivity contribution in [2.24, 2.45) is 5.73 Å². The molecule has 124 valence electrons. The van der Waals surface area contributed by atoms with Crippen LogP contribution in [0.25, 0.3) is 10.9 Å². The fraction of sp³-hybridized carbons (Fsp3) is 0.211. The molecule has 0 radical (unpaired) electrons. The lowest BCUT2D eigenvalue weighted by atomic mass is 9.90. The maximum atomic E-state index is 11.4. The van der Waals surface area contributed by atoms with E-state index in [-0.39, 0.29) is 17.9 Å². The number of hydrogen-bond donors (Lipinski definition) is 3. The number of aromatic nitrogens is 1. The number of H-pyrrole nitrogens is 1. The number of rotatable bonds is 6. The number of primary amides is 1. The average Bonchev–Trinajstić information content (AvgIpc) is 3.00. The number of benzene rings is 2. The first-order chi connectivity index (χ1) is 11.6. The number of hydrogen-bond acceptors (Lipinski definition) is 1. The van der Waals surface area contributed by atoms with Gasteiger partial charge in [0.15, 0.2) is 6.04 Å². The number of carbonyl (C=O) groups is 1. The summed E-state index contributed by atoms with van der Waals surface area (Å²) in [5, 5.41) is 3.87. The van der Waals surface area contributed by atoms with E-state index in [2.05, 4.69) is 17.1 Å². The predicted molar refractivity (Wildman–Crippen MR) is 97.0 cm³/mol. The Kier molecular flexibility index (Phi) is 4.88. The molecule has 0 saturated carbocycles. The molecule has 4 nitrogen and oxygen atoms in total. The van der Waals surface area contributed by atoms with E-state index in [9.17, 15) is 4.79 Å². The molecule has 2 aromatic carbocycles. The number of para-hydroxylation sites is 1. The SMILES string of the molecule is C[C@@H]([NH2+]C[C@@H](c1ccccc1Cl)c1c[nH]c2ccccc12)C(N)=O.